The van der Waals surface area contributed by atoms with Gasteiger partial charge in [0.05, 0.1) is 16.7 Å². The van der Waals surface area contributed by atoms with Crippen molar-refractivity contribution in [1.29, 1.82) is 0 Å². The highest BCUT2D eigenvalue weighted by molar-refractivity contribution is 8.14. The molecule has 0 aromatic heterocycles. The Morgan fingerprint density at radius 2 is 2.12 bits per heavy atom. The molecule has 0 aliphatic carbocycles. The Bertz CT molecular complexity index is 534. The molecule has 0 atom stereocenters. The highest BCUT2D eigenvalue weighted by Gasteiger charge is 2.12. The van der Waals surface area contributed by atoms with Crippen LogP contribution in [0.5, 0.6) is 0 Å². The molecule has 0 saturated carbocycles. The second-order valence-electron chi connectivity index (χ2n) is 2.96. The van der Waals surface area contributed by atoms with Gasteiger partial charge in [-0.25, -0.2) is 12.8 Å². The zero-order valence-corrected chi connectivity index (χ0v) is 10.7. The van der Waals surface area contributed by atoms with Crippen molar-refractivity contribution >= 4 is 37.2 Å². The molecule has 17 heavy (non-hydrogen) atoms. The summed E-state index contributed by atoms with van der Waals surface area (Å²) in [6.45, 7) is 0. The fraction of sp³-hybridized carbons (Fsp3) is 0.250. The number of hydrogen-bond donors (Lipinski definition) is 0. The Morgan fingerprint density at radius 1 is 1.47 bits per heavy atom. The molecule has 0 unspecified atom stereocenters. The van der Waals surface area contributed by atoms with Crippen molar-refractivity contribution < 1.29 is 17.7 Å². The molecule has 5 nitrogen and oxygen atoms in total. The van der Waals surface area contributed by atoms with E-state index < -0.39 is 19.8 Å². The van der Waals surface area contributed by atoms with Gasteiger partial charge in [-0.05, 0) is 6.07 Å². The molecule has 0 aliphatic rings. The van der Waals surface area contributed by atoms with Crippen LogP contribution in [0.25, 0.3) is 0 Å². The van der Waals surface area contributed by atoms with Gasteiger partial charge in [0.25, 0.3) is 5.69 Å². The molecule has 1 aromatic carbocycles. The molecule has 0 saturated heterocycles. The third-order valence-electron chi connectivity index (χ3n) is 1.71. The maximum atomic E-state index is 13.3. The van der Waals surface area contributed by atoms with Crippen molar-refractivity contribution in [3.05, 3.63) is 34.1 Å². The van der Waals surface area contributed by atoms with Crippen molar-refractivity contribution in [1.82, 2.24) is 0 Å². The summed E-state index contributed by atoms with van der Waals surface area (Å²) >= 11 is 0.933. The van der Waals surface area contributed by atoms with Crippen LogP contribution >= 0.6 is 22.4 Å². The number of rotatable bonds is 5. The monoisotopic (exact) mass is 299 g/mol. The molecule has 0 N–H and O–H groups in total. The smallest absolute Gasteiger partial charge is 0.258 e. The van der Waals surface area contributed by atoms with E-state index in [1.807, 2.05) is 0 Å². The van der Waals surface area contributed by atoms with Crippen molar-refractivity contribution in [3.63, 3.8) is 0 Å². The lowest BCUT2D eigenvalue weighted by molar-refractivity contribution is -0.385. The second-order valence-corrected chi connectivity index (χ2v) is 7.00. The van der Waals surface area contributed by atoms with Gasteiger partial charge in [0.1, 0.15) is 5.82 Å². The highest BCUT2D eigenvalue weighted by atomic mass is 35.7. The standard InChI is InChI=1S/C8H7ClFNO4S2/c9-17(14,15)4-3-16-8-2-1-6(11(12)13)5-7(8)10/h1-2,5H,3-4H2. The maximum absolute atomic E-state index is 13.3. The molecule has 0 radical (unpaired) electrons. The fourth-order valence-corrected chi connectivity index (χ4v) is 3.25. The van der Waals surface area contributed by atoms with Crippen LogP contribution in [-0.4, -0.2) is 24.8 Å². The summed E-state index contributed by atoms with van der Waals surface area (Å²) in [5.41, 5.74) is -0.350. The Hall–Kier alpha value is -0.860. The van der Waals surface area contributed by atoms with Crippen LogP contribution in [0.4, 0.5) is 10.1 Å². The van der Waals surface area contributed by atoms with Gasteiger partial charge in [-0.2, -0.15) is 0 Å². The number of nitrogens with zero attached hydrogens (tertiary/aromatic N) is 1. The third kappa shape index (κ3) is 4.88. The summed E-state index contributed by atoms with van der Waals surface area (Å²) in [5.74, 6) is -0.966. The number of halogens is 2. The predicted octanol–water partition coefficient (Wildman–Crippen LogP) is 2.39. The van der Waals surface area contributed by atoms with Gasteiger partial charge in [0.2, 0.25) is 9.05 Å². The maximum Gasteiger partial charge on any atom is 0.272 e. The summed E-state index contributed by atoms with van der Waals surface area (Å²) in [6.07, 6.45) is 0. The molecule has 0 heterocycles. The van der Waals surface area contributed by atoms with Gasteiger partial charge < -0.3 is 0 Å². The zero-order valence-electron chi connectivity index (χ0n) is 8.30. The molecule has 9 heteroatoms. The van der Waals surface area contributed by atoms with Crippen LogP contribution in [0.15, 0.2) is 23.1 Å². The van der Waals surface area contributed by atoms with E-state index in [9.17, 15) is 22.9 Å². The van der Waals surface area contributed by atoms with E-state index in [0.29, 0.717) is 0 Å². The van der Waals surface area contributed by atoms with Gasteiger partial charge in [0, 0.05) is 27.4 Å². The first-order valence-corrected chi connectivity index (χ1v) is 7.75. The fourth-order valence-electron chi connectivity index (χ4n) is 0.972. The largest absolute Gasteiger partial charge is 0.272 e. The Morgan fingerprint density at radius 3 is 2.59 bits per heavy atom. The molecule has 94 valence electrons. The average Bonchev–Trinajstić information content (AvgIpc) is 2.18. The molecule has 1 aromatic rings. The van der Waals surface area contributed by atoms with Crippen LogP contribution in [0.3, 0.4) is 0 Å². The molecule has 1 rings (SSSR count). The van der Waals surface area contributed by atoms with Gasteiger partial charge in [-0.1, -0.05) is 0 Å². The minimum Gasteiger partial charge on any atom is -0.258 e. The van der Waals surface area contributed by atoms with Crippen molar-refractivity contribution in [3.8, 4) is 0 Å². The Kier molecular flexibility index (Phi) is 4.72. The van der Waals surface area contributed by atoms with E-state index in [4.69, 9.17) is 10.7 Å². The quantitative estimate of drug-likeness (QED) is 0.361. The molecule has 0 fully saturated rings. The topological polar surface area (TPSA) is 77.3 Å². The molecule has 0 aliphatic heterocycles. The van der Waals surface area contributed by atoms with E-state index in [-0.39, 0.29) is 22.1 Å². The van der Waals surface area contributed by atoms with Crippen LogP contribution in [0.2, 0.25) is 0 Å². The molecular weight excluding hydrogens is 293 g/mol. The van der Waals surface area contributed by atoms with Gasteiger partial charge in [-0.3, -0.25) is 10.1 Å². The van der Waals surface area contributed by atoms with E-state index in [1.165, 1.54) is 6.07 Å². The van der Waals surface area contributed by atoms with E-state index in [2.05, 4.69) is 0 Å². The van der Waals surface area contributed by atoms with Crippen LogP contribution in [-0.2, 0) is 9.05 Å². The third-order valence-corrected chi connectivity index (χ3v) is 4.17. The summed E-state index contributed by atoms with van der Waals surface area (Å²) in [4.78, 5) is 9.79. The van der Waals surface area contributed by atoms with Crippen molar-refractivity contribution in [2.75, 3.05) is 11.5 Å². The first-order chi connectivity index (χ1) is 7.79. The minimum atomic E-state index is -3.61. The first-order valence-electron chi connectivity index (χ1n) is 4.28. The normalized spacial score (nSPS) is 11.4. The lowest BCUT2D eigenvalue weighted by Crippen LogP contribution is -2.00. The zero-order chi connectivity index (χ0) is 13.1. The van der Waals surface area contributed by atoms with E-state index in [1.54, 1.807) is 0 Å². The number of nitro benzene ring substituents is 1. The first kappa shape index (κ1) is 14.2. The van der Waals surface area contributed by atoms with Crippen molar-refractivity contribution in [2.45, 2.75) is 4.90 Å². The molecular formula is C8H7ClFNO4S2. The predicted molar refractivity (Wildman–Crippen MR) is 63.4 cm³/mol. The number of benzene rings is 1. The lowest BCUT2D eigenvalue weighted by Gasteiger charge is -2.01. The number of non-ortho nitro benzene ring substituents is 1. The average molecular weight is 300 g/mol. The number of hydrogen-bond acceptors (Lipinski definition) is 5. The second kappa shape index (κ2) is 5.65. The summed E-state index contributed by atoms with van der Waals surface area (Å²) in [7, 11) is 1.37. The SMILES string of the molecule is O=[N+]([O-])c1ccc(SCCS(=O)(=O)Cl)c(F)c1. The number of nitro groups is 1. The van der Waals surface area contributed by atoms with Crippen LogP contribution in [0.1, 0.15) is 0 Å². The Balaban J connectivity index is 2.70. The van der Waals surface area contributed by atoms with Gasteiger partial charge in [0.15, 0.2) is 0 Å². The lowest BCUT2D eigenvalue weighted by atomic mass is 10.3. The molecule has 0 amide bonds. The summed E-state index contributed by atoms with van der Waals surface area (Å²) in [5, 5.41) is 10.3. The van der Waals surface area contributed by atoms with Gasteiger partial charge in [-0.15, -0.1) is 11.8 Å². The van der Waals surface area contributed by atoms with Gasteiger partial charge >= 0.3 is 0 Å². The summed E-state index contributed by atoms with van der Waals surface area (Å²) in [6, 6.07) is 3.18. The Labute approximate surface area is 106 Å². The van der Waals surface area contributed by atoms with Crippen LogP contribution < -0.4 is 0 Å². The number of thioether (sulfide) groups is 1. The summed E-state index contributed by atoms with van der Waals surface area (Å²) < 4.78 is 34.6. The van der Waals surface area contributed by atoms with E-state index in [0.717, 1.165) is 23.9 Å². The molecule has 0 spiro atoms. The minimum absolute atomic E-state index is 0.0839. The van der Waals surface area contributed by atoms with E-state index >= 15 is 0 Å². The van der Waals surface area contributed by atoms with Crippen LogP contribution in [0, 0.1) is 15.9 Å². The van der Waals surface area contributed by atoms with Crippen molar-refractivity contribution in [2.24, 2.45) is 0 Å². The molecule has 0 bridgehead atoms. The highest BCUT2D eigenvalue weighted by Crippen LogP contribution is 2.25.